The first kappa shape index (κ1) is 14.8. The summed E-state index contributed by atoms with van der Waals surface area (Å²) >= 11 is 15.0. The second-order valence-electron chi connectivity index (χ2n) is 3.16. The van der Waals surface area contributed by atoms with Gasteiger partial charge in [0, 0.05) is 11.9 Å². The van der Waals surface area contributed by atoms with Crippen LogP contribution >= 0.6 is 39.1 Å². The maximum absolute atomic E-state index is 11.7. The summed E-state index contributed by atoms with van der Waals surface area (Å²) in [6.45, 7) is 1.53. The van der Waals surface area contributed by atoms with Gasteiger partial charge in [-0.3, -0.25) is 4.79 Å². The molecule has 0 aliphatic heterocycles. The van der Waals surface area contributed by atoms with Gasteiger partial charge in [-0.1, -0.05) is 45.2 Å². The summed E-state index contributed by atoms with van der Waals surface area (Å²) < 4.78 is 5.20. The molecule has 0 unspecified atom stereocenters. The Morgan fingerprint density at radius 2 is 2.12 bits per heavy atom. The van der Waals surface area contributed by atoms with Gasteiger partial charge in [-0.05, 0) is 12.1 Å². The number of carbonyl (C=O) groups excluding carboxylic acids is 1. The predicted octanol–water partition coefficient (Wildman–Crippen LogP) is 3.13. The molecule has 1 N–H and O–H groups in total. The molecule has 1 amide bonds. The SMILES string of the molecule is O=C(NCCOCCBr)c1cccc(Cl)c1Cl. The summed E-state index contributed by atoms with van der Waals surface area (Å²) in [5.41, 5.74) is 0.375. The minimum atomic E-state index is -0.250. The highest BCUT2D eigenvalue weighted by Crippen LogP contribution is 2.25. The van der Waals surface area contributed by atoms with Crippen molar-refractivity contribution in [1.29, 1.82) is 0 Å². The van der Waals surface area contributed by atoms with E-state index in [1.807, 2.05) is 0 Å². The third-order valence-electron chi connectivity index (χ3n) is 1.95. The van der Waals surface area contributed by atoms with Gasteiger partial charge in [-0.15, -0.1) is 0 Å². The lowest BCUT2D eigenvalue weighted by Gasteiger charge is -2.07. The smallest absolute Gasteiger partial charge is 0.252 e. The van der Waals surface area contributed by atoms with Crippen molar-refractivity contribution in [3.63, 3.8) is 0 Å². The molecule has 1 aromatic carbocycles. The van der Waals surface area contributed by atoms with Crippen molar-refractivity contribution in [3.8, 4) is 0 Å². The van der Waals surface area contributed by atoms with Crippen molar-refractivity contribution in [2.45, 2.75) is 0 Å². The second kappa shape index (κ2) is 7.93. The molecule has 17 heavy (non-hydrogen) atoms. The Labute approximate surface area is 119 Å². The molecule has 0 aromatic heterocycles. The number of alkyl halides is 1. The van der Waals surface area contributed by atoms with E-state index in [4.69, 9.17) is 27.9 Å². The third kappa shape index (κ3) is 4.84. The molecule has 0 aliphatic rings. The maximum Gasteiger partial charge on any atom is 0.252 e. The van der Waals surface area contributed by atoms with Gasteiger partial charge in [-0.25, -0.2) is 0 Å². The highest BCUT2D eigenvalue weighted by Gasteiger charge is 2.11. The molecule has 0 fully saturated rings. The standard InChI is InChI=1S/C11H12BrCl2NO2/c12-4-6-17-7-5-15-11(16)8-2-1-3-9(13)10(8)14/h1-3H,4-7H2,(H,15,16). The van der Waals surface area contributed by atoms with Crippen LogP contribution in [0, 0.1) is 0 Å². The van der Waals surface area contributed by atoms with Crippen LogP contribution in [0.5, 0.6) is 0 Å². The van der Waals surface area contributed by atoms with Crippen LogP contribution in [0.15, 0.2) is 18.2 Å². The molecule has 0 aliphatic carbocycles. The Bertz CT molecular complexity index is 388. The van der Waals surface area contributed by atoms with Gasteiger partial charge in [0.25, 0.3) is 5.91 Å². The molecule has 1 aromatic rings. The maximum atomic E-state index is 11.7. The molecule has 94 valence electrons. The largest absolute Gasteiger partial charge is 0.379 e. The summed E-state index contributed by atoms with van der Waals surface area (Å²) in [6.07, 6.45) is 0. The number of nitrogens with one attached hydrogen (secondary N) is 1. The number of rotatable bonds is 6. The minimum Gasteiger partial charge on any atom is -0.379 e. The van der Waals surface area contributed by atoms with Gasteiger partial charge in [0.2, 0.25) is 0 Å². The fourth-order valence-electron chi connectivity index (χ4n) is 1.17. The van der Waals surface area contributed by atoms with E-state index >= 15 is 0 Å². The monoisotopic (exact) mass is 339 g/mol. The lowest BCUT2D eigenvalue weighted by atomic mass is 10.2. The van der Waals surface area contributed by atoms with Crippen LogP contribution in [0.4, 0.5) is 0 Å². The van der Waals surface area contributed by atoms with E-state index in [-0.39, 0.29) is 10.9 Å². The molecular weight excluding hydrogens is 329 g/mol. The second-order valence-corrected chi connectivity index (χ2v) is 4.74. The van der Waals surface area contributed by atoms with Crippen LogP contribution in [0.25, 0.3) is 0 Å². The molecule has 6 heteroatoms. The van der Waals surface area contributed by atoms with E-state index < -0.39 is 0 Å². The van der Waals surface area contributed by atoms with Crippen molar-refractivity contribution >= 4 is 45.0 Å². The lowest BCUT2D eigenvalue weighted by Crippen LogP contribution is -2.27. The van der Waals surface area contributed by atoms with E-state index in [2.05, 4.69) is 21.2 Å². The number of hydrogen-bond acceptors (Lipinski definition) is 2. The minimum absolute atomic E-state index is 0.250. The summed E-state index contributed by atoms with van der Waals surface area (Å²) in [5.74, 6) is -0.250. The molecule has 0 saturated heterocycles. The van der Waals surface area contributed by atoms with Crippen molar-refractivity contribution < 1.29 is 9.53 Å². The Kier molecular flexibility index (Phi) is 6.89. The zero-order valence-corrected chi connectivity index (χ0v) is 12.1. The highest BCUT2D eigenvalue weighted by molar-refractivity contribution is 9.09. The van der Waals surface area contributed by atoms with Crippen molar-refractivity contribution in [1.82, 2.24) is 5.32 Å². The van der Waals surface area contributed by atoms with E-state index in [0.717, 1.165) is 5.33 Å². The number of carbonyl (C=O) groups is 1. The molecule has 0 atom stereocenters. The van der Waals surface area contributed by atoms with Gasteiger partial charge >= 0.3 is 0 Å². The molecule has 3 nitrogen and oxygen atoms in total. The van der Waals surface area contributed by atoms with E-state index in [9.17, 15) is 4.79 Å². The summed E-state index contributed by atoms with van der Waals surface area (Å²) in [4.78, 5) is 11.7. The average Bonchev–Trinajstić information content (AvgIpc) is 2.32. The average molecular weight is 341 g/mol. The number of ether oxygens (including phenoxy) is 1. The molecule has 1 rings (SSSR count). The van der Waals surface area contributed by atoms with E-state index in [1.165, 1.54) is 0 Å². The van der Waals surface area contributed by atoms with Crippen LogP contribution in [-0.2, 0) is 4.74 Å². The summed E-state index contributed by atoms with van der Waals surface area (Å²) in [6, 6.07) is 4.95. The number of hydrogen-bond donors (Lipinski definition) is 1. The topological polar surface area (TPSA) is 38.3 Å². The number of amides is 1. The van der Waals surface area contributed by atoms with Crippen LogP contribution in [-0.4, -0.2) is 31.0 Å². The van der Waals surface area contributed by atoms with Crippen molar-refractivity contribution in [3.05, 3.63) is 33.8 Å². The number of halogens is 3. The van der Waals surface area contributed by atoms with Crippen LogP contribution in [0.3, 0.4) is 0 Å². The lowest BCUT2D eigenvalue weighted by molar-refractivity contribution is 0.0924. The molecule has 0 bridgehead atoms. The Hall–Kier alpha value is -0.290. The fourth-order valence-corrected chi connectivity index (χ4v) is 1.78. The highest BCUT2D eigenvalue weighted by atomic mass is 79.9. The van der Waals surface area contributed by atoms with Crippen LogP contribution in [0.2, 0.25) is 10.0 Å². The number of benzene rings is 1. The van der Waals surface area contributed by atoms with Crippen LogP contribution in [0.1, 0.15) is 10.4 Å². The molecule has 0 heterocycles. The zero-order chi connectivity index (χ0) is 12.7. The Morgan fingerprint density at radius 1 is 1.35 bits per heavy atom. The van der Waals surface area contributed by atoms with Crippen molar-refractivity contribution in [2.24, 2.45) is 0 Å². The predicted molar refractivity (Wildman–Crippen MR) is 73.4 cm³/mol. The molecule has 0 saturated carbocycles. The van der Waals surface area contributed by atoms with Gasteiger partial charge < -0.3 is 10.1 Å². The van der Waals surface area contributed by atoms with Gasteiger partial charge in [0.15, 0.2) is 0 Å². The quantitative estimate of drug-likeness (QED) is 0.638. The summed E-state index contributed by atoms with van der Waals surface area (Å²) in [5, 5.41) is 4.12. The van der Waals surface area contributed by atoms with Gasteiger partial charge in [0.05, 0.1) is 28.8 Å². The van der Waals surface area contributed by atoms with E-state index in [0.29, 0.717) is 30.3 Å². The Morgan fingerprint density at radius 3 is 2.82 bits per heavy atom. The first-order valence-electron chi connectivity index (χ1n) is 5.02. The van der Waals surface area contributed by atoms with Crippen LogP contribution < -0.4 is 5.32 Å². The Balaban J connectivity index is 2.44. The third-order valence-corrected chi connectivity index (χ3v) is 3.09. The van der Waals surface area contributed by atoms with Gasteiger partial charge in [-0.2, -0.15) is 0 Å². The fraction of sp³-hybridized carbons (Fsp3) is 0.364. The summed E-state index contributed by atoms with van der Waals surface area (Å²) in [7, 11) is 0. The molecular formula is C11H12BrCl2NO2. The first-order chi connectivity index (χ1) is 8.16. The zero-order valence-electron chi connectivity index (χ0n) is 9.01. The van der Waals surface area contributed by atoms with Gasteiger partial charge in [0.1, 0.15) is 0 Å². The molecule has 0 radical (unpaired) electrons. The normalized spacial score (nSPS) is 10.3. The van der Waals surface area contributed by atoms with Crippen molar-refractivity contribution in [2.75, 3.05) is 25.1 Å². The first-order valence-corrected chi connectivity index (χ1v) is 6.90. The molecule has 0 spiro atoms. The van der Waals surface area contributed by atoms with E-state index in [1.54, 1.807) is 18.2 Å².